The van der Waals surface area contributed by atoms with Gasteiger partial charge in [0.2, 0.25) is 0 Å². The van der Waals surface area contributed by atoms with Crippen molar-refractivity contribution in [1.82, 2.24) is 0 Å². The van der Waals surface area contributed by atoms with E-state index in [0.717, 1.165) is 22.5 Å². The summed E-state index contributed by atoms with van der Waals surface area (Å²) in [6.07, 6.45) is 0. The van der Waals surface area contributed by atoms with E-state index in [9.17, 15) is 0 Å². The van der Waals surface area contributed by atoms with E-state index in [1.807, 2.05) is 35.0 Å². The number of nitrogens with two attached hydrogens (primary N) is 2. The Morgan fingerprint density at radius 3 is 2.54 bits per heavy atom. The van der Waals surface area contributed by atoms with Gasteiger partial charge < -0.3 is 11.5 Å². The lowest BCUT2D eigenvalue weighted by Crippen LogP contribution is -1.87. The second-order valence-electron chi connectivity index (χ2n) is 2.87. The minimum atomic E-state index is 0.767. The first kappa shape index (κ1) is 8.13. The minimum absolute atomic E-state index is 0.767. The zero-order valence-corrected chi connectivity index (χ0v) is 7.84. The van der Waals surface area contributed by atoms with Crippen LogP contribution in [0.25, 0.3) is 11.1 Å². The Hall–Kier alpha value is -1.48. The van der Waals surface area contributed by atoms with E-state index in [0.29, 0.717) is 0 Å². The molecule has 0 unspecified atom stereocenters. The maximum atomic E-state index is 5.79. The van der Waals surface area contributed by atoms with E-state index in [4.69, 9.17) is 11.5 Å². The number of nitrogen functional groups attached to an aromatic ring is 2. The Morgan fingerprint density at radius 2 is 1.92 bits per heavy atom. The van der Waals surface area contributed by atoms with Gasteiger partial charge in [-0.25, -0.2) is 0 Å². The Kier molecular flexibility index (Phi) is 1.94. The van der Waals surface area contributed by atoms with Gasteiger partial charge in [-0.3, -0.25) is 0 Å². The molecule has 0 saturated carbocycles. The Morgan fingerprint density at radius 1 is 1.08 bits per heavy atom. The molecule has 0 aliphatic rings. The highest BCUT2D eigenvalue weighted by Gasteiger charge is 2.02. The molecule has 1 aromatic heterocycles. The largest absolute Gasteiger partial charge is 0.399 e. The average molecular weight is 190 g/mol. The van der Waals surface area contributed by atoms with E-state index in [2.05, 4.69) is 0 Å². The highest BCUT2D eigenvalue weighted by Crippen LogP contribution is 2.30. The van der Waals surface area contributed by atoms with Gasteiger partial charge in [-0.1, -0.05) is 12.1 Å². The molecule has 1 heterocycles. The first-order valence-electron chi connectivity index (χ1n) is 3.95. The molecular formula is C10H10N2S. The molecule has 0 spiro atoms. The molecule has 0 bridgehead atoms. The van der Waals surface area contributed by atoms with Gasteiger partial charge >= 0.3 is 0 Å². The molecule has 0 radical (unpaired) electrons. The number of thiophene rings is 1. The normalized spacial score (nSPS) is 10.2. The summed E-state index contributed by atoms with van der Waals surface area (Å²) in [5, 5.41) is 3.96. The van der Waals surface area contributed by atoms with E-state index in [1.54, 1.807) is 11.3 Å². The summed E-state index contributed by atoms with van der Waals surface area (Å²) < 4.78 is 0. The van der Waals surface area contributed by atoms with E-state index in [-0.39, 0.29) is 0 Å². The first-order chi connectivity index (χ1) is 6.27. The van der Waals surface area contributed by atoms with Gasteiger partial charge in [0.25, 0.3) is 0 Å². The topological polar surface area (TPSA) is 52.0 Å². The van der Waals surface area contributed by atoms with Crippen LogP contribution in [0.2, 0.25) is 0 Å². The monoisotopic (exact) mass is 190 g/mol. The molecule has 0 aliphatic carbocycles. The summed E-state index contributed by atoms with van der Waals surface area (Å²) in [5.74, 6) is 0. The van der Waals surface area contributed by atoms with Crippen molar-refractivity contribution in [2.24, 2.45) is 0 Å². The molecule has 2 rings (SSSR count). The minimum Gasteiger partial charge on any atom is -0.399 e. The second-order valence-corrected chi connectivity index (χ2v) is 3.61. The van der Waals surface area contributed by atoms with Crippen LogP contribution in [-0.2, 0) is 0 Å². The van der Waals surface area contributed by atoms with Gasteiger partial charge in [0.05, 0.1) is 5.69 Å². The molecule has 0 atom stereocenters. The fourth-order valence-electron chi connectivity index (χ4n) is 1.25. The van der Waals surface area contributed by atoms with Crippen molar-refractivity contribution < 1.29 is 0 Å². The van der Waals surface area contributed by atoms with Gasteiger partial charge in [0.15, 0.2) is 0 Å². The molecule has 13 heavy (non-hydrogen) atoms. The van der Waals surface area contributed by atoms with Crippen LogP contribution >= 0.6 is 11.3 Å². The highest BCUT2D eigenvalue weighted by atomic mass is 32.1. The average Bonchev–Trinajstić information content (AvgIpc) is 2.51. The van der Waals surface area contributed by atoms with Crippen molar-refractivity contribution in [3.63, 3.8) is 0 Å². The number of benzene rings is 1. The predicted octanol–water partition coefficient (Wildman–Crippen LogP) is 2.58. The zero-order valence-electron chi connectivity index (χ0n) is 7.03. The molecule has 0 saturated heterocycles. The second kappa shape index (κ2) is 3.11. The molecule has 3 heteroatoms. The van der Waals surface area contributed by atoms with Crippen LogP contribution in [0.4, 0.5) is 11.4 Å². The number of hydrogen-bond donors (Lipinski definition) is 2. The standard InChI is InChI=1S/C10H10N2S/c11-8-3-1-2-7(4-8)9-5-13-6-10(9)12/h1-6H,11-12H2. The molecule has 0 amide bonds. The molecule has 66 valence electrons. The quantitative estimate of drug-likeness (QED) is 0.679. The van der Waals surface area contributed by atoms with Crippen LogP contribution in [-0.4, -0.2) is 0 Å². The van der Waals surface area contributed by atoms with Crippen molar-refractivity contribution in [2.45, 2.75) is 0 Å². The van der Waals surface area contributed by atoms with Crippen molar-refractivity contribution in [2.75, 3.05) is 11.5 Å². The van der Waals surface area contributed by atoms with Crippen LogP contribution in [0.15, 0.2) is 35.0 Å². The predicted molar refractivity (Wildman–Crippen MR) is 58.6 cm³/mol. The molecule has 1 aromatic carbocycles. The van der Waals surface area contributed by atoms with Gasteiger partial charge in [-0.2, -0.15) is 0 Å². The van der Waals surface area contributed by atoms with E-state index >= 15 is 0 Å². The summed E-state index contributed by atoms with van der Waals surface area (Å²) >= 11 is 1.60. The fraction of sp³-hybridized carbons (Fsp3) is 0. The van der Waals surface area contributed by atoms with Crippen molar-refractivity contribution in [3.05, 3.63) is 35.0 Å². The van der Waals surface area contributed by atoms with Crippen molar-refractivity contribution >= 4 is 22.7 Å². The summed E-state index contributed by atoms with van der Waals surface area (Å²) in [7, 11) is 0. The van der Waals surface area contributed by atoms with Crippen LogP contribution in [0, 0.1) is 0 Å². The van der Waals surface area contributed by atoms with Crippen LogP contribution in [0.5, 0.6) is 0 Å². The van der Waals surface area contributed by atoms with Gasteiger partial charge in [0, 0.05) is 22.0 Å². The maximum absolute atomic E-state index is 5.79. The Bertz CT molecular complexity index is 420. The van der Waals surface area contributed by atoms with Crippen molar-refractivity contribution in [1.29, 1.82) is 0 Å². The Labute approximate surface area is 80.8 Å². The van der Waals surface area contributed by atoms with E-state index < -0.39 is 0 Å². The molecule has 4 N–H and O–H groups in total. The third-order valence-corrected chi connectivity index (χ3v) is 2.65. The van der Waals surface area contributed by atoms with E-state index in [1.165, 1.54) is 0 Å². The molecule has 2 nitrogen and oxygen atoms in total. The summed E-state index contributed by atoms with van der Waals surface area (Å²) in [6, 6.07) is 7.74. The van der Waals surface area contributed by atoms with Gasteiger partial charge in [0.1, 0.15) is 0 Å². The lowest BCUT2D eigenvalue weighted by molar-refractivity contribution is 1.65. The maximum Gasteiger partial charge on any atom is 0.0502 e. The summed E-state index contributed by atoms with van der Waals surface area (Å²) in [5.41, 5.74) is 15.2. The molecule has 2 aromatic rings. The molecule has 0 aliphatic heterocycles. The third-order valence-electron chi connectivity index (χ3n) is 1.89. The lowest BCUT2D eigenvalue weighted by Gasteiger charge is -2.00. The SMILES string of the molecule is Nc1cccc(-c2cscc2N)c1. The van der Waals surface area contributed by atoms with Crippen molar-refractivity contribution in [3.8, 4) is 11.1 Å². The summed E-state index contributed by atoms with van der Waals surface area (Å²) in [4.78, 5) is 0. The smallest absolute Gasteiger partial charge is 0.0502 e. The summed E-state index contributed by atoms with van der Waals surface area (Å²) in [6.45, 7) is 0. The lowest BCUT2D eigenvalue weighted by atomic mass is 10.1. The van der Waals surface area contributed by atoms with Gasteiger partial charge in [-0.15, -0.1) is 11.3 Å². The van der Waals surface area contributed by atoms with Crippen LogP contribution in [0.1, 0.15) is 0 Å². The fourth-order valence-corrected chi connectivity index (χ4v) is 2.00. The third kappa shape index (κ3) is 1.51. The molecule has 0 fully saturated rings. The molecular weight excluding hydrogens is 180 g/mol. The number of anilines is 2. The first-order valence-corrected chi connectivity index (χ1v) is 4.89. The Balaban J connectivity index is 2.53. The highest BCUT2D eigenvalue weighted by molar-refractivity contribution is 7.08. The number of hydrogen-bond acceptors (Lipinski definition) is 3. The zero-order chi connectivity index (χ0) is 9.26. The van der Waals surface area contributed by atoms with Crippen LogP contribution < -0.4 is 11.5 Å². The van der Waals surface area contributed by atoms with Crippen LogP contribution in [0.3, 0.4) is 0 Å². The number of rotatable bonds is 1. The van der Waals surface area contributed by atoms with Gasteiger partial charge in [-0.05, 0) is 17.7 Å².